The molecule has 2 aromatic rings. The zero-order valence-electron chi connectivity index (χ0n) is 32.2. The number of nitrogens with zero attached hydrogens (tertiary/aromatic N) is 2. The minimum Gasteiger partial charge on any atom is -0.488 e. The van der Waals surface area contributed by atoms with Crippen LogP contribution < -0.4 is 59.4 Å². The van der Waals surface area contributed by atoms with Crippen LogP contribution in [0.2, 0.25) is 0 Å². The standard InChI is InChI=1S/C36H49F6N11O6/c1-2-48-23(33(57)53-27-20-22(36(40,41)42)19-26(32(27)59-16-13-45)51-28(54)7-3-5-11-43)9-10-30(56)52-25-18-21(35(37,38)39)17-24(31(25)58-15-12-44)50-29(55)8-4-6-14-49-34(46)47/h2,9,17-20H,3-8,10-16,43-45H2,1H3,(H,50,55)(H,51,54)(H,52,56)(H,53,57)(H4,46,47,49)/b23-9-,48-2?. The molecule has 0 saturated carbocycles. The summed E-state index contributed by atoms with van der Waals surface area (Å²) in [6.07, 6.45) is -7.24. The average Bonchev–Trinajstić information content (AvgIpc) is 3.14. The second-order valence-electron chi connectivity index (χ2n) is 12.4. The third-order valence-electron chi connectivity index (χ3n) is 7.58. The molecule has 14 N–H and O–H groups in total. The molecule has 0 radical (unpaired) electrons. The van der Waals surface area contributed by atoms with E-state index in [-0.39, 0.29) is 76.1 Å². The Morgan fingerprint density at radius 1 is 0.661 bits per heavy atom. The molecule has 0 aliphatic rings. The lowest BCUT2D eigenvalue weighted by Gasteiger charge is -2.20. The normalized spacial score (nSPS) is 11.9. The molecule has 326 valence electrons. The SMILES string of the molecule is CC=N/C(=C\CC(=O)Nc1cc(C(F)(F)F)cc(NC(=O)CCCCN=C(N)N)c1OCCN)C(=O)Nc1cc(C(F)(F)F)cc(NC(=O)CCCCN)c1OCCN. The van der Waals surface area contributed by atoms with Crippen LogP contribution in [0.25, 0.3) is 0 Å². The second-order valence-corrected chi connectivity index (χ2v) is 12.4. The molecule has 0 atom stereocenters. The van der Waals surface area contributed by atoms with Crippen LogP contribution in [0.5, 0.6) is 11.5 Å². The summed E-state index contributed by atoms with van der Waals surface area (Å²) >= 11 is 0. The molecule has 0 bridgehead atoms. The Morgan fingerprint density at radius 3 is 1.51 bits per heavy atom. The number of guanidine groups is 1. The lowest BCUT2D eigenvalue weighted by molar-refractivity contribution is -0.138. The topological polar surface area (TPSA) is 290 Å². The van der Waals surface area contributed by atoms with E-state index in [2.05, 4.69) is 31.3 Å². The van der Waals surface area contributed by atoms with Crippen molar-refractivity contribution in [3.63, 3.8) is 0 Å². The Hall–Kier alpha value is -5.94. The van der Waals surface area contributed by atoms with Gasteiger partial charge in [-0.3, -0.25) is 29.2 Å². The van der Waals surface area contributed by atoms with Crippen LogP contribution in [0.4, 0.5) is 49.1 Å². The van der Waals surface area contributed by atoms with Crippen molar-refractivity contribution in [2.45, 2.75) is 64.2 Å². The molecule has 4 amide bonds. The molecule has 0 saturated heterocycles. The number of halogens is 6. The van der Waals surface area contributed by atoms with Crippen LogP contribution in [-0.2, 0) is 31.5 Å². The largest absolute Gasteiger partial charge is 0.488 e. The number of carbonyl (C=O) groups excluding carboxylic acids is 4. The van der Waals surface area contributed by atoms with E-state index in [4.69, 9.17) is 38.1 Å². The predicted octanol–water partition coefficient (Wildman–Crippen LogP) is 3.79. The van der Waals surface area contributed by atoms with Crippen molar-refractivity contribution >= 4 is 58.6 Å². The second kappa shape index (κ2) is 24.1. The summed E-state index contributed by atoms with van der Waals surface area (Å²) < 4.78 is 95.2. The van der Waals surface area contributed by atoms with Gasteiger partial charge >= 0.3 is 12.4 Å². The maximum atomic E-state index is 14.0. The number of hydrogen-bond acceptors (Lipinski definition) is 11. The van der Waals surface area contributed by atoms with E-state index in [1.54, 1.807) is 0 Å². The molecule has 0 aromatic heterocycles. The number of alkyl halides is 6. The number of anilines is 4. The number of hydrogen-bond donors (Lipinski definition) is 9. The van der Waals surface area contributed by atoms with Crippen molar-refractivity contribution in [3.05, 3.63) is 47.2 Å². The van der Waals surface area contributed by atoms with Crippen LogP contribution in [0, 0.1) is 0 Å². The van der Waals surface area contributed by atoms with E-state index < -0.39 is 82.0 Å². The van der Waals surface area contributed by atoms with Gasteiger partial charge in [-0.05, 0) is 69.5 Å². The Labute approximate surface area is 335 Å². The molecule has 0 heterocycles. The Balaban J connectivity index is 2.48. The van der Waals surface area contributed by atoms with Crippen molar-refractivity contribution in [1.29, 1.82) is 0 Å². The van der Waals surface area contributed by atoms with Crippen molar-refractivity contribution < 1.29 is 55.0 Å². The van der Waals surface area contributed by atoms with E-state index in [1.165, 1.54) is 6.92 Å². The summed E-state index contributed by atoms with van der Waals surface area (Å²) in [5.41, 5.74) is 22.2. The fraction of sp³-hybridized carbons (Fsp3) is 0.444. The molecule has 2 rings (SSSR count). The van der Waals surface area contributed by atoms with Gasteiger partial charge in [-0.15, -0.1) is 0 Å². The Kier molecular flexibility index (Phi) is 20.1. The first-order chi connectivity index (χ1) is 27.8. The van der Waals surface area contributed by atoms with Crippen LogP contribution in [0.3, 0.4) is 0 Å². The molecule has 17 nitrogen and oxygen atoms in total. The van der Waals surface area contributed by atoms with Crippen LogP contribution in [0.1, 0.15) is 63.0 Å². The number of nitrogens with one attached hydrogen (secondary N) is 4. The minimum atomic E-state index is -4.95. The predicted molar refractivity (Wildman–Crippen MR) is 211 cm³/mol. The number of unbranched alkanes of at least 4 members (excludes halogenated alkanes) is 2. The summed E-state index contributed by atoms with van der Waals surface area (Å²) in [7, 11) is 0. The number of rotatable bonds is 23. The fourth-order valence-electron chi connectivity index (χ4n) is 4.97. The van der Waals surface area contributed by atoms with Gasteiger partial charge in [-0.25, -0.2) is 0 Å². The first-order valence-electron chi connectivity index (χ1n) is 18.2. The van der Waals surface area contributed by atoms with Crippen molar-refractivity contribution in [1.82, 2.24) is 0 Å². The highest BCUT2D eigenvalue weighted by Gasteiger charge is 2.35. The number of amides is 4. The smallest absolute Gasteiger partial charge is 0.416 e. The van der Waals surface area contributed by atoms with Crippen LogP contribution in [-0.4, -0.2) is 75.2 Å². The van der Waals surface area contributed by atoms with Gasteiger partial charge < -0.3 is 59.4 Å². The minimum absolute atomic E-state index is 0.0779. The van der Waals surface area contributed by atoms with Gasteiger partial charge in [0.2, 0.25) is 17.7 Å². The molecule has 0 aliphatic heterocycles. The number of ether oxygens (including phenoxy) is 2. The maximum Gasteiger partial charge on any atom is 0.416 e. The number of aliphatic imine (C=N–C) groups is 2. The van der Waals surface area contributed by atoms with E-state index in [0.717, 1.165) is 12.3 Å². The number of nitrogens with two attached hydrogens (primary N) is 5. The zero-order valence-corrected chi connectivity index (χ0v) is 32.2. The molecule has 0 spiro atoms. The molecular weight excluding hydrogens is 796 g/mol. The summed E-state index contributed by atoms with van der Waals surface area (Å²) in [6, 6.07) is 2.38. The molecule has 0 fully saturated rings. The summed E-state index contributed by atoms with van der Waals surface area (Å²) in [5, 5.41) is 9.27. The van der Waals surface area contributed by atoms with Crippen LogP contribution >= 0.6 is 0 Å². The van der Waals surface area contributed by atoms with Crippen molar-refractivity contribution in [2.75, 3.05) is 60.7 Å². The number of benzene rings is 2. The highest BCUT2D eigenvalue weighted by atomic mass is 19.4. The van der Waals surface area contributed by atoms with E-state index in [9.17, 15) is 45.5 Å². The fourth-order valence-corrected chi connectivity index (χ4v) is 4.97. The molecular formula is C36H49F6N11O6. The monoisotopic (exact) mass is 845 g/mol. The van der Waals surface area contributed by atoms with Crippen molar-refractivity contribution in [3.8, 4) is 11.5 Å². The molecule has 23 heteroatoms. The van der Waals surface area contributed by atoms with Gasteiger partial charge in [0.25, 0.3) is 5.91 Å². The van der Waals surface area contributed by atoms with E-state index >= 15 is 0 Å². The molecule has 59 heavy (non-hydrogen) atoms. The zero-order chi connectivity index (χ0) is 44.2. The third kappa shape index (κ3) is 17.2. The van der Waals surface area contributed by atoms with Gasteiger partial charge in [0, 0.05) is 45.1 Å². The maximum absolute atomic E-state index is 14.0. The molecule has 2 aromatic carbocycles. The summed E-state index contributed by atoms with van der Waals surface area (Å²) in [6.45, 7) is 1.22. The highest BCUT2D eigenvalue weighted by molar-refractivity contribution is 6.07. The summed E-state index contributed by atoms with van der Waals surface area (Å²) in [4.78, 5) is 59.7. The lowest BCUT2D eigenvalue weighted by Crippen LogP contribution is -2.23. The third-order valence-corrected chi connectivity index (χ3v) is 7.58. The molecule has 0 aliphatic carbocycles. The van der Waals surface area contributed by atoms with Crippen molar-refractivity contribution in [2.24, 2.45) is 38.7 Å². The van der Waals surface area contributed by atoms with E-state index in [1.807, 2.05) is 0 Å². The van der Waals surface area contributed by atoms with Gasteiger partial charge in [-0.1, -0.05) is 0 Å². The Bertz CT molecular complexity index is 1850. The van der Waals surface area contributed by atoms with Crippen LogP contribution in [0.15, 0.2) is 46.0 Å². The summed E-state index contributed by atoms with van der Waals surface area (Å²) in [5.74, 6) is -4.33. The molecule has 0 unspecified atom stereocenters. The quantitative estimate of drug-likeness (QED) is 0.0255. The Morgan fingerprint density at radius 2 is 1.10 bits per heavy atom. The lowest BCUT2D eigenvalue weighted by atomic mass is 10.1. The first-order valence-corrected chi connectivity index (χ1v) is 18.2. The van der Waals surface area contributed by atoms with Gasteiger partial charge in [-0.2, -0.15) is 26.3 Å². The highest BCUT2D eigenvalue weighted by Crippen LogP contribution is 2.42. The van der Waals surface area contributed by atoms with Gasteiger partial charge in [0.05, 0.1) is 33.9 Å². The van der Waals surface area contributed by atoms with Gasteiger partial charge in [0.15, 0.2) is 17.5 Å². The average molecular weight is 846 g/mol. The van der Waals surface area contributed by atoms with Gasteiger partial charge in [0.1, 0.15) is 18.9 Å². The first kappa shape index (κ1) is 49.2. The van der Waals surface area contributed by atoms with E-state index in [0.29, 0.717) is 43.5 Å². The number of carbonyl (C=O) groups is 4.